The number of benzene rings is 1. The zero-order chi connectivity index (χ0) is 18.6. The van der Waals surface area contributed by atoms with Gasteiger partial charge in [0.1, 0.15) is 5.75 Å². The number of hydrogen-bond donors (Lipinski definition) is 1. The minimum Gasteiger partial charge on any atom is -0.493 e. The Morgan fingerprint density at radius 2 is 1.96 bits per heavy atom. The minimum atomic E-state index is -3.28. The lowest BCUT2D eigenvalue weighted by atomic mass is 9.73. The number of carboxylic acids is 1. The molecule has 138 valence electrons. The Hall–Kier alpha value is -2.09. The lowest BCUT2D eigenvalue weighted by Gasteiger charge is -2.35. The summed E-state index contributed by atoms with van der Waals surface area (Å²) < 4.78 is 28.6. The molecule has 1 aromatic carbocycles. The smallest absolute Gasteiger partial charge is 0.307 e. The summed E-state index contributed by atoms with van der Waals surface area (Å²) in [7, 11) is -1.62. The fourth-order valence-corrected chi connectivity index (χ4v) is 3.43. The lowest BCUT2D eigenvalue weighted by Crippen LogP contribution is -2.45. The molecule has 2 unspecified atom stereocenters. The van der Waals surface area contributed by atoms with Gasteiger partial charge in [-0.15, -0.1) is 0 Å². The van der Waals surface area contributed by atoms with Gasteiger partial charge in [0.05, 0.1) is 23.3 Å². The van der Waals surface area contributed by atoms with Gasteiger partial charge >= 0.3 is 5.97 Å². The molecule has 0 saturated heterocycles. The van der Waals surface area contributed by atoms with Crippen molar-refractivity contribution in [3.05, 3.63) is 24.3 Å². The summed E-state index contributed by atoms with van der Waals surface area (Å²) in [4.78, 5) is 24.9. The van der Waals surface area contributed by atoms with Crippen LogP contribution in [-0.4, -0.2) is 56.8 Å². The Labute approximate surface area is 147 Å². The third kappa shape index (κ3) is 4.94. The topological polar surface area (TPSA) is 101 Å². The van der Waals surface area contributed by atoms with E-state index in [4.69, 9.17) is 9.84 Å². The molecule has 0 spiro atoms. The van der Waals surface area contributed by atoms with Crippen LogP contribution >= 0.6 is 0 Å². The lowest BCUT2D eigenvalue weighted by molar-refractivity contribution is -0.156. The molecule has 0 radical (unpaired) electrons. The van der Waals surface area contributed by atoms with Gasteiger partial charge in [-0.25, -0.2) is 8.42 Å². The molecule has 25 heavy (non-hydrogen) atoms. The number of sulfone groups is 1. The summed E-state index contributed by atoms with van der Waals surface area (Å²) in [6.07, 6.45) is 2.88. The molecule has 1 aliphatic rings. The number of aliphatic carboxylic acids is 1. The highest BCUT2D eigenvalue weighted by atomic mass is 32.2. The largest absolute Gasteiger partial charge is 0.493 e. The second-order valence-electron chi connectivity index (χ2n) is 6.34. The fourth-order valence-electron chi connectivity index (χ4n) is 2.77. The van der Waals surface area contributed by atoms with Gasteiger partial charge in [-0.3, -0.25) is 9.59 Å². The van der Waals surface area contributed by atoms with E-state index in [1.807, 2.05) is 0 Å². The Morgan fingerprint density at radius 3 is 2.52 bits per heavy atom. The number of hydrogen-bond acceptors (Lipinski definition) is 5. The molecule has 1 aliphatic carbocycles. The summed E-state index contributed by atoms with van der Waals surface area (Å²) in [6.45, 7) is 0.783. The molecule has 1 saturated carbocycles. The quantitative estimate of drug-likeness (QED) is 0.696. The monoisotopic (exact) mass is 369 g/mol. The highest BCUT2D eigenvalue weighted by Gasteiger charge is 2.42. The van der Waals surface area contributed by atoms with Gasteiger partial charge in [-0.05, 0) is 37.5 Å². The van der Waals surface area contributed by atoms with E-state index in [1.54, 1.807) is 19.2 Å². The first kappa shape index (κ1) is 19.2. The van der Waals surface area contributed by atoms with E-state index < -0.39 is 27.6 Å². The van der Waals surface area contributed by atoms with E-state index in [9.17, 15) is 18.0 Å². The van der Waals surface area contributed by atoms with E-state index in [2.05, 4.69) is 0 Å². The van der Waals surface area contributed by atoms with Crippen LogP contribution < -0.4 is 4.74 Å². The zero-order valence-corrected chi connectivity index (χ0v) is 15.2. The van der Waals surface area contributed by atoms with Gasteiger partial charge < -0.3 is 14.7 Å². The van der Waals surface area contributed by atoms with Crippen molar-refractivity contribution in [2.45, 2.75) is 24.2 Å². The van der Waals surface area contributed by atoms with Gasteiger partial charge in [0.25, 0.3) is 0 Å². The van der Waals surface area contributed by atoms with Crippen molar-refractivity contribution < 1.29 is 27.9 Å². The third-order valence-corrected chi connectivity index (χ3v) is 5.54. The van der Waals surface area contributed by atoms with Crippen LogP contribution in [0.3, 0.4) is 0 Å². The summed E-state index contributed by atoms with van der Waals surface area (Å²) in [5, 5.41) is 9.02. The highest BCUT2D eigenvalue weighted by Crippen LogP contribution is 2.35. The van der Waals surface area contributed by atoms with Crippen LogP contribution in [0.1, 0.15) is 19.3 Å². The first-order valence-electron chi connectivity index (χ1n) is 8.11. The van der Waals surface area contributed by atoms with Crippen LogP contribution in [0.5, 0.6) is 5.75 Å². The van der Waals surface area contributed by atoms with E-state index in [1.165, 1.54) is 17.0 Å². The third-order valence-electron chi connectivity index (χ3n) is 4.43. The maximum atomic E-state index is 12.2. The molecule has 1 N–H and O–H groups in total. The molecule has 8 heteroatoms. The average Bonchev–Trinajstić information content (AvgIpc) is 2.49. The second-order valence-corrected chi connectivity index (χ2v) is 8.35. The van der Waals surface area contributed by atoms with Gasteiger partial charge in [-0.2, -0.15) is 0 Å². The molecule has 0 bridgehead atoms. The molecule has 1 fully saturated rings. The van der Waals surface area contributed by atoms with E-state index in [-0.39, 0.29) is 10.8 Å². The summed E-state index contributed by atoms with van der Waals surface area (Å²) in [5.74, 6) is -1.58. The van der Waals surface area contributed by atoms with Gasteiger partial charge in [0.15, 0.2) is 9.84 Å². The molecule has 0 heterocycles. The van der Waals surface area contributed by atoms with Crippen molar-refractivity contribution in [3.63, 3.8) is 0 Å². The highest BCUT2D eigenvalue weighted by molar-refractivity contribution is 7.90. The minimum absolute atomic E-state index is 0.141. The standard InChI is InChI=1S/C17H23NO6S/c1-18(16(19)14-7-8-15(14)17(20)21)9-4-10-24-12-5-3-6-13(11-12)25(2,22)23/h3,5-6,11,14-15H,4,7-10H2,1-2H3,(H,20,21). The van der Waals surface area contributed by atoms with Crippen LogP contribution in [0.4, 0.5) is 0 Å². The first-order chi connectivity index (χ1) is 11.7. The maximum Gasteiger partial charge on any atom is 0.307 e. The normalized spacial score (nSPS) is 19.8. The predicted octanol–water partition coefficient (Wildman–Crippen LogP) is 1.43. The number of ether oxygens (including phenoxy) is 1. The van der Waals surface area contributed by atoms with Crippen molar-refractivity contribution in [1.82, 2.24) is 4.90 Å². The molecule has 1 amide bonds. The number of amides is 1. The molecular weight excluding hydrogens is 346 g/mol. The Bertz CT molecular complexity index is 745. The molecule has 2 atom stereocenters. The van der Waals surface area contributed by atoms with Crippen molar-refractivity contribution in [1.29, 1.82) is 0 Å². The number of carbonyl (C=O) groups excluding carboxylic acids is 1. The van der Waals surface area contributed by atoms with Crippen LogP contribution in [0.25, 0.3) is 0 Å². The molecule has 0 aromatic heterocycles. The molecule has 2 rings (SSSR count). The first-order valence-corrected chi connectivity index (χ1v) is 10.00. The Balaban J connectivity index is 1.77. The SMILES string of the molecule is CN(CCCOc1cccc(S(C)(=O)=O)c1)C(=O)C1CCC1C(=O)O. The number of carbonyl (C=O) groups is 2. The molecule has 7 nitrogen and oxygen atoms in total. The summed E-state index contributed by atoms with van der Waals surface area (Å²) >= 11 is 0. The van der Waals surface area contributed by atoms with Crippen LogP contribution in [-0.2, 0) is 19.4 Å². The fraction of sp³-hybridized carbons (Fsp3) is 0.529. The van der Waals surface area contributed by atoms with Gasteiger partial charge in [0, 0.05) is 19.8 Å². The number of rotatable bonds is 8. The van der Waals surface area contributed by atoms with Crippen LogP contribution in [0, 0.1) is 11.8 Å². The predicted molar refractivity (Wildman–Crippen MR) is 91.2 cm³/mol. The summed E-state index contributed by atoms with van der Waals surface area (Å²) in [5.41, 5.74) is 0. The van der Waals surface area contributed by atoms with E-state index >= 15 is 0 Å². The Kier molecular flexibility index (Phi) is 6.05. The van der Waals surface area contributed by atoms with Gasteiger partial charge in [0.2, 0.25) is 5.91 Å². The van der Waals surface area contributed by atoms with Crippen molar-refractivity contribution in [2.24, 2.45) is 11.8 Å². The van der Waals surface area contributed by atoms with Crippen LogP contribution in [0.15, 0.2) is 29.2 Å². The summed E-state index contributed by atoms with van der Waals surface area (Å²) in [6, 6.07) is 6.27. The van der Waals surface area contributed by atoms with Gasteiger partial charge in [-0.1, -0.05) is 6.07 Å². The molecule has 0 aliphatic heterocycles. The van der Waals surface area contributed by atoms with Crippen LogP contribution in [0.2, 0.25) is 0 Å². The second kappa shape index (κ2) is 7.86. The average molecular weight is 369 g/mol. The van der Waals surface area contributed by atoms with Crippen molar-refractivity contribution >= 4 is 21.7 Å². The molecular formula is C17H23NO6S. The molecule has 1 aromatic rings. The van der Waals surface area contributed by atoms with Crippen molar-refractivity contribution in [2.75, 3.05) is 26.5 Å². The van der Waals surface area contributed by atoms with Crippen molar-refractivity contribution in [3.8, 4) is 5.75 Å². The zero-order valence-electron chi connectivity index (χ0n) is 14.3. The number of carboxylic acid groups (broad SMARTS) is 1. The van der Waals surface area contributed by atoms with E-state index in [0.717, 1.165) is 6.26 Å². The Morgan fingerprint density at radius 1 is 1.28 bits per heavy atom. The maximum absolute atomic E-state index is 12.2. The van der Waals surface area contributed by atoms with E-state index in [0.29, 0.717) is 38.2 Å². The number of nitrogens with zero attached hydrogens (tertiary/aromatic N) is 1.